The van der Waals surface area contributed by atoms with Gasteiger partial charge in [-0.3, -0.25) is 0 Å². The van der Waals surface area contributed by atoms with Crippen LogP contribution in [0.3, 0.4) is 0 Å². The van der Waals surface area contributed by atoms with Crippen molar-refractivity contribution in [3.63, 3.8) is 0 Å². The zero-order valence-electron chi connectivity index (χ0n) is 10.8. The van der Waals surface area contributed by atoms with Crippen LogP contribution >= 0.6 is 0 Å². The highest BCUT2D eigenvalue weighted by Crippen LogP contribution is 2.42. The molecule has 2 rings (SSSR count). The molecule has 2 bridgehead atoms. The maximum atomic E-state index is 5.53. The van der Waals surface area contributed by atoms with Crippen molar-refractivity contribution in [1.29, 1.82) is 0 Å². The van der Waals surface area contributed by atoms with Crippen molar-refractivity contribution in [2.24, 2.45) is 23.5 Å². The Morgan fingerprint density at radius 3 is 2.88 bits per heavy atom. The van der Waals surface area contributed by atoms with Crippen LogP contribution in [0.2, 0.25) is 0 Å². The Kier molecular flexibility index (Phi) is 4.66. The quantitative estimate of drug-likeness (QED) is 0.704. The lowest BCUT2D eigenvalue weighted by Gasteiger charge is -2.44. The monoisotopic (exact) mass is 224 g/mol. The van der Waals surface area contributed by atoms with Crippen molar-refractivity contribution >= 4 is 0 Å². The fourth-order valence-electron chi connectivity index (χ4n) is 3.92. The number of fused-ring (bicyclic) bond motifs is 2. The van der Waals surface area contributed by atoms with Gasteiger partial charge in [-0.25, -0.2) is 0 Å². The standard InChI is InChI=1S/C14H28N2/c1-11-9-12-5-4-6-13(10-12)14(11)16-8-3-2-7-15/h11-14,16H,2-10,15H2,1H3. The van der Waals surface area contributed by atoms with Crippen LogP contribution in [-0.2, 0) is 0 Å². The van der Waals surface area contributed by atoms with E-state index >= 15 is 0 Å². The summed E-state index contributed by atoms with van der Waals surface area (Å²) in [5, 5.41) is 3.81. The van der Waals surface area contributed by atoms with Gasteiger partial charge in [0.05, 0.1) is 0 Å². The Morgan fingerprint density at radius 2 is 2.06 bits per heavy atom. The van der Waals surface area contributed by atoms with Gasteiger partial charge in [0.2, 0.25) is 0 Å². The predicted octanol–water partition coefficient (Wildman–Crippen LogP) is 2.53. The molecule has 0 aliphatic heterocycles. The van der Waals surface area contributed by atoms with E-state index in [9.17, 15) is 0 Å². The van der Waals surface area contributed by atoms with Crippen LogP contribution in [0, 0.1) is 17.8 Å². The second-order valence-electron chi connectivity index (χ2n) is 5.98. The summed E-state index contributed by atoms with van der Waals surface area (Å²) < 4.78 is 0. The summed E-state index contributed by atoms with van der Waals surface area (Å²) in [5.74, 6) is 2.91. The number of hydrogen-bond donors (Lipinski definition) is 2. The molecule has 4 unspecified atom stereocenters. The van der Waals surface area contributed by atoms with E-state index in [2.05, 4.69) is 12.2 Å². The Hall–Kier alpha value is -0.0800. The minimum absolute atomic E-state index is 0.800. The van der Waals surface area contributed by atoms with E-state index in [0.29, 0.717) is 0 Å². The molecular formula is C14H28N2. The molecule has 0 saturated heterocycles. The van der Waals surface area contributed by atoms with Crippen LogP contribution in [0.5, 0.6) is 0 Å². The molecule has 0 aromatic heterocycles. The predicted molar refractivity (Wildman–Crippen MR) is 69.3 cm³/mol. The summed E-state index contributed by atoms with van der Waals surface area (Å²) in [6, 6.07) is 0.800. The summed E-state index contributed by atoms with van der Waals surface area (Å²) >= 11 is 0. The number of rotatable bonds is 5. The number of nitrogens with two attached hydrogens (primary N) is 1. The molecule has 94 valence electrons. The highest BCUT2D eigenvalue weighted by molar-refractivity contribution is 4.91. The van der Waals surface area contributed by atoms with Crippen LogP contribution in [0.4, 0.5) is 0 Å². The van der Waals surface area contributed by atoms with Gasteiger partial charge in [-0.1, -0.05) is 19.8 Å². The highest BCUT2D eigenvalue weighted by atomic mass is 14.9. The molecule has 0 radical (unpaired) electrons. The van der Waals surface area contributed by atoms with Gasteiger partial charge in [-0.2, -0.15) is 0 Å². The summed E-state index contributed by atoms with van der Waals surface area (Å²) in [5.41, 5.74) is 5.53. The van der Waals surface area contributed by atoms with Gasteiger partial charge in [-0.05, 0) is 62.9 Å². The van der Waals surface area contributed by atoms with Gasteiger partial charge in [0.1, 0.15) is 0 Å². The summed E-state index contributed by atoms with van der Waals surface area (Å²) in [7, 11) is 0. The molecule has 0 amide bonds. The van der Waals surface area contributed by atoms with E-state index in [-0.39, 0.29) is 0 Å². The van der Waals surface area contributed by atoms with E-state index in [0.717, 1.165) is 30.3 Å². The average Bonchev–Trinajstić information content (AvgIpc) is 2.28. The zero-order chi connectivity index (χ0) is 11.4. The second-order valence-corrected chi connectivity index (χ2v) is 5.98. The third kappa shape index (κ3) is 2.98. The Morgan fingerprint density at radius 1 is 1.19 bits per heavy atom. The summed E-state index contributed by atoms with van der Waals surface area (Å²) in [6.45, 7) is 4.46. The van der Waals surface area contributed by atoms with E-state index in [1.165, 1.54) is 51.5 Å². The van der Waals surface area contributed by atoms with Crippen LogP contribution < -0.4 is 11.1 Å². The maximum Gasteiger partial charge on any atom is 0.0121 e. The number of unbranched alkanes of at least 4 members (excludes halogenated alkanes) is 1. The van der Waals surface area contributed by atoms with E-state index in [1.807, 2.05) is 0 Å². The third-order valence-corrected chi connectivity index (χ3v) is 4.66. The van der Waals surface area contributed by atoms with Gasteiger partial charge in [0.25, 0.3) is 0 Å². The molecule has 4 atom stereocenters. The maximum absolute atomic E-state index is 5.53. The van der Waals surface area contributed by atoms with Crippen LogP contribution in [0.25, 0.3) is 0 Å². The summed E-state index contributed by atoms with van der Waals surface area (Å²) in [4.78, 5) is 0. The first-order valence-electron chi connectivity index (χ1n) is 7.24. The molecule has 0 heterocycles. The van der Waals surface area contributed by atoms with Crippen molar-refractivity contribution in [3.8, 4) is 0 Å². The lowest BCUT2D eigenvalue weighted by Crippen LogP contribution is -2.47. The smallest absolute Gasteiger partial charge is 0.0121 e. The van der Waals surface area contributed by atoms with Gasteiger partial charge >= 0.3 is 0 Å². The van der Waals surface area contributed by atoms with Crippen molar-refractivity contribution in [2.75, 3.05) is 13.1 Å². The molecule has 0 spiro atoms. The van der Waals surface area contributed by atoms with E-state index < -0.39 is 0 Å². The van der Waals surface area contributed by atoms with Gasteiger partial charge in [0.15, 0.2) is 0 Å². The second kappa shape index (κ2) is 6.02. The van der Waals surface area contributed by atoms with Gasteiger partial charge < -0.3 is 11.1 Å². The minimum atomic E-state index is 0.800. The fraction of sp³-hybridized carbons (Fsp3) is 1.00. The fourth-order valence-corrected chi connectivity index (χ4v) is 3.92. The topological polar surface area (TPSA) is 38.0 Å². The lowest BCUT2D eigenvalue weighted by atomic mass is 9.65. The molecule has 2 heteroatoms. The van der Waals surface area contributed by atoms with E-state index in [1.54, 1.807) is 0 Å². The first-order chi connectivity index (χ1) is 7.81. The molecule has 3 N–H and O–H groups in total. The van der Waals surface area contributed by atoms with Crippen molar-refractivity contribution < 1.29 is 0 Å². The first-order valence-corrected chi connectivity index (χ1v) is 7.24. The molecule has 2 nitrogen and oxygen atoms in total. The average molecular weight is 224 g/mol. The normalized spacial score (nSPS) is 38.6. The molecule has 16 heavy (non-hydrogen) atoms. The molecule has 2 fully saturated rings. The molecule has 2 aliphatic carbocycles. The third-order valence-electron chi connectivity index (χ3n) is 4.66. The number of nitrogens with one attached hydrogen (secondary N) is 1. The molecule has 0 aromatic rings. The molecule has 0 aromatic carbocycles. The van der Waals surface area contributed by atoms with Crippen molar-refractivity contribution in [3.05, 3.63) is 0 Å². The van der Waals surface area contributed by atoms with Crippen molar-refractivity contribution in [1.82, 2.24) is 5.32 Å². The van der Waals surface area contributed by atoms with Crippen LogP contribution in [-0.4, -0.2) is 19.1 Å². The Balaban J connectivity index is 1.77. The van der Waals surface area contributed by atoms with Gasteiger partial charge in [-0.15, -0.1) is 0 Å². The zero-order valence-corrected chi connectivity index (χ0v) is 10.8. The lowest BCUT2D eigenvalue weighted by molar-refractivity contribution is 0.0971. The van der Waals surface area contributed by atoms with E-state index in [4.69, 9.17) is 5.73 Å². The SMILES string of the molecule is CC1CC2CCCC(C2)C1NCCCCN. The molecule has 2 saturated carbocycles. The Labute approximate surface area is 100 Å². The molecular weight excluding hydrogens is 196 g/mol. The van der Waals surface area contributed by atoms with Crippen LogP contribution in [0.15, 0.2) is 0 Å². The van der Waals surface area contributed by atoms with Gasteiger partial charge in [0, 0.05) is 6.04 Å². The Bertz CT molecular complexity index is 203. The van der Waals surface area contributed by atoms with Crippen LogP contribution in [0.1, 0.15) is 51.9 Å². The largest absolute Gasteiger partial charge is 0.330 e. The highest BCUT2D eigenvalue weighted by Gasteiger charge is 2.37. The summed E-state index contributed by atoms with van der Waals surface area (Å²) in [6.07, 6.45) is 9.82. The first kappa shape index (κ1) is 12.4. The minimum Gasteiger partial charge on any atom is -0.330 e. The molecule has 2 aliphatic rings. The van der Waals surface area contributed by atoms with Crippen molar-refractivity contribution in [2.45, 2.75) is 57.9 Å². The number of hydrogen-bond acceptors (Lipinski definition) is 2.